The lowest BCUT2D eigenvalue weighted by Gasteiger charge is -2.22. The van der Waals surface area contributed by atoms with Crippen LogP contribution in [0, 0.1) is 0 Å². The van der Waals surface area contributed by atoms with Crippen LogP contribution in [0.4, 0.5) is 5.69 Å². The summed E-state index contributed by atoms with van der Waals surface area (Å²) in [6.07, 6.45) is 0.0855. The number of carboxylic acid groups (broad SMARTS) is 1. The Bertz CT molecular complexity index is 751. The van der Waals surface area contributed by atoms with E-state index in [1.165, 1.54) is 31.3 Å². The van der Waals surface area contributed by atoms with Gasteiger partial charge in [0.25, 0.3) is 0 Å². The van der Waals surface area contributed by atoms with E-state index in [0.717, 1.165) is 4.31 Å². The highest BCUT2D eigenvalue weighted by atomic mass is 32.2. The third kappa shape index (κ3) is 3.18. The molecule has 0 radical (unpaired) electrons. The van der Waals surface area contributed by atoms with Gasteiger partial charge in [-0.3, -0.25) is 4.31 Å². The number of hydrogen-bond donors (Lipinski definition) is 1. The van der Waals surface area contributed by atoms with Crippen molar-refractivity contribution in [2.24, 2.45) is 0 Å². The van der Waals surface area contributed by atoms with Crippen molar-refractivity contribution in [3.63, 3.8) is 0 Å². The summed E-state index contributed by atoms with van der Waals surface area (Å²) >= 11 is 0. The fourth-order valence-corrected chi connectivity index (χ4v) is 6.46. The van der Waals surface area contributed by atoms with Crippen molar-refractivity contribution in [2.45, 2.75) is 11.7 Å². The van der Waals surface area contributed by atoms with Crippen molar-refractivity contribution in [3.05, 3.63) is 29.8 Å². The minimum absolute atomic E-state index is 0.0491. The molecule has 21 heavy (non-hydrogen) atoms. The second-order valence-electron chi connectivity index (χ2n) is 4.89. The maximum absolute atomic E-state index is 12.4. The maximum atomic E-state index is 12.4. The Morgan fingerprint density at radius 3 is 2.29 bits per heavy atom. The maximum Gasteiger partial charge on any atom is 0.335 e. The average Bonchev–Trinajstić information content (AvgIpc) is 2.79. The number of nitrogens with zero attached hydrogens (tertiary/aromatic N) is 1. The van der Waals surface area contributed by atoms with Crippen molar-refractivity contribution < 1.29 is 26.7 Å². The summed E-state index contributed by atoms with van der Waals surface area (Å²) in [4.78, 5) is 10.8. The molecule has 0 bridgehead atoms. The molecule has 9 heteroatoms. The Kier molecular flexibility index (Phi) is 3.98. The Hall–Kier alpha value is -1.61. The van der Waals surface area contributed by atoms with Gasteiger partial charge < -0.3 is 5.11 Å². The van der Waals surface area contributed by atoms with Crippen molar-refractivity contribution >= 4 is 31.5 Å². The summed E-state index contributed by atoms with van der Waals surface area (Å²) in [5.74, 6) is -1.59. The third-order valence-electron chi connectivity index (χ3n) is 3.47. The van der Waals surface area contributed by atoms with Gasteiger partial charge in [-0.25, -0.2) is 21.6 Å². The van der Waals surface area contributed by atoms with E-state index >= 15 is 0 Å². The third-order valence-corrected chi connectivity index (χ3v) is 7.67. The quantitative estimate of drug-likeness (QED) is 0.851. The van der Waals surface area contributed by atoms with E-state index in [2.05, 4.69) is 0 Å². The van der Waals surface area contributed by atoms with Crippen LogP contribution in [0.25, 0.3) is 0 Å². The zero-order valence-corrected chi connectivity index (χ0v) is 12.9. The lowest BCUT2D eigenvalue weighted by molar-refractivity contribution is 0.0697. The highest BCUT2D eigenvalue weighted by Gasteiger charge is 2.39. The van der Waals surface area contributed by atoms with Crippen LogP contribution in [0.1, 0.15) is 16.8 Å². The first-order valence-corrected chi connectivity index (χ1v) is 9.47. The molecule has 1 saturated heterocycles. The number of aromatic carboxylic acids is 1. The number of hydrogen-bond acceptors (Lipinski definition) is 5. The second kappa shape index (κ2) is 5.30. The number of carbonyl (C=O) groups is 1. The van der Waals surface area contributed by atoms with Gasteiger partial charge in [-0.05, 0) is 30.7 Å². The molecule has 0 spiro atoms. The molecule has 1 aliphatic rings. The largest absolute Gasteiger partial charge is 0.478 e. The van der Waals surface area contributed by atoms with Crippen LogP contribution in [0.3, 0.4) is 0 Å². The summed E-state index contributed by atoms with van der Waals surface area (Å²) in [5.41, 5.74) is 0.345. The predicted octanol–water partition coefficient (Wildman–Crippen LogP) is 0.338. The van der Waals surface area contributed by atoms with E-state index in [4.69, 9.17) is 5.11 Å². The molecule has 2 rings (SSSR count). The number of sulfonamides is 1. The van der Waals surface area contributed by atoms with Gasteiger partial charge in [-0.1, -0.05) is 0 Å². The van der Waals surface area contributed by atoms with Gasteiger partial charge in [0.05, 0.1) is 28.0 Å². The molecule has 1 aromatic carbocycles. The zero-order valence-electron chi connectivity index (χ0n) is 11.3. The van der Waals surface area contributed by atoms with Crippen LogP contribution in [-0.4, -0.2) is 51.7 Å². The predicted molar refractivity (Wildman–Crippen MR) is 77.8 cm³/mol. The van der Waals surface area contributed by atoms with Crippen LogP contribution in [-0.2, 0) is 19.9 Å². The number of carboxylic acids is 1. The monoisotopic (exact) mass is 333 g/mol. The number of anilines is 1. The molecule has 1 aromatic rings. The van der Waals surface area contributed by atoms with Crippen LogP contribution >= 0.6 is 0 Å². The molecule has 7 nitrogen and oxygen atoms in total. The molecule has 0 amide bonds. The van der Waals surface area contributed by atoms with Crippen molar-refractivity contribution in [1.29, 1.82) is 0 Å². The van der Waals surface area contributed by atoms with Crippen LogP contribution in [0.5, 0.6) is 0 Å². The highest BCUT2D eigenvalue weighted by molar-refractivity contribution is 7.97. The molecule has 116 valence electrons. The van der Waals surface area contributed by atoms with Crippen LogP contribution in [0.2, 0.25) is 0 Å². The Morgan fingerprint density at radius 1 is 1.29 bits per heavy atom. The molecular weight excluding hydrogens is 318 g/mol. The normalized spacial score (nSPS) is 21.1. The Labute approximate surface area is 123 Å². The molecule has 0 saturated carbocycles. The molecule has 1 heterocycles. The fourth-order valence-electron chi connectivity index (χ4n) is 2.18. The first kappa shape index (κ1) is 15.8. The Morgan fingerprint density at radius 2 is 1.86 bits per heavy atom. The van der Waals surface area contributed by atoms with Gasteiger partial charge in [0.15, 0.2) is 9.84 Å². The minimum atomic E-state index is -3.79. The molecular formula is C12H15NO6S2. The summed E-state index contributed by atoms with van der Waals surface area (Å²) < 4.78 is 48.6. The summed E-state index contributed by atoms with van der Waals surface area (Å²) in [6, 6.07) is 5.36. The van der Waals surface area contributed by atoms with Gasteiger partial charge in [0, 0.05) is 7.05 Å². The smallest absolute Gasteiger partial charge is 0.335 e. The van der Waals surface area contributed by atoms with Crippen LogP contribution in [0.15, 0.2) is 24.3 Å². The van der Waals surface area contributed by atoms with Crippen molar-refractivity contribution in [1.82, 2.24) is 0 Å². The number of sulfone groups is 1. The van der Waals surface area contributed by atoms with E-state index in [0.29, 0.717) is 5.69 Å². The average molecular weight is 333 g/mol. The summed E-state index contributed by atoms with van der Waals surface area (Å²) in [7, 11) is -5.76. The molecule has 1 fully saturated rings. The van der Waals surface area contributed by atoms with Crippen LogP contribution < -0.4 is 4.31 Å². The van der Waals surface area contributed by atoms with Gasteiger partial charge in [0.1, 0.15) is 0 Å². The summed E-state index contributed by atoms with van der Waals surface area (Å²) in [5, 5.41) is 7.85. The van der Waals surface area contributed by atoms with E-state index in [-0.39, 0.29) is 23.5 Å². The van der Waals surface area contributed by atoms with Gasteiger partial charge in [0.2, 0.25) is 10.0 Å². The van der Waals surface area contributed by atoms with E-state index < -0.39 is 31.1 Å². The highest BCUT2D eigenvalue weighted by Crippen LogP contribution is 2.25. The van der Waals surface area contributed by atoms with Crippen molar-refractivity contribution in [2.75, 3.05) is 22.9 Å². The van der Waals surface area contributed by atoms with Gasteiger partial charge in [-0.15, -0.1) is 0 Å². The van der Waals surface area contributed by atoms with Gasteiger partial charge >= 0.3 is 5.97 Å². The van der Waals surface area contributed by atoms with E-state index in [9.17, 15) is 21.6 Å². The standard InChI is InChI=1S/C12H15NO6S2/c1-13(10-4-2-9(3-5-10)12(14)15)21(18,19)11-6-7-20(16,17)8-11/h2-5,11H,6-8H2,1H3,(H,14,15). The fraction of sp³-hybridized carbons (Fsp3) is 0.417. The van der Waals surface area contributed by atoms with Crippen molar-refractivity contribution in [3.8, 4) is 0 Å². The first-order chi connectivity index (χ1) is 9.63. The lowest BCUT2D eigenvalue weighted by atomic mass is 10.2. The lowest BCUT2D eigenvalue weighted by Crippen LogP contribution is -2.36. The van der Waals surface area contributed by atoms with E-state index in [1.807, 2.05) is 0 Å². The van der Waals surface area contributed by atoms with E-state index in [1.54, 1.807) is 0 Å². The molecule has 1 N–H and O–H groups in total. The molecule has 0 aliphatic carbocycles. The van der Waals surface area contributed by atoms with Gasteiger partial charge in [-0.2, -0.15) is 0 Å². The second-order valence-corrected chi connectivity index (χ2v) is 9.36. The Balaban J connectivity index is 2.26. The number of rotatable bonds is 4. The number of benzene rings is 1. The SMILES string of the molecule is CN(c1ccc(C(=O)O)cc1)S(=O)(=O)C1CCS(=O)(=O)C1. The molecule has 1 aliphatic heterocycles. The first-order valence-electron chi connectivity index (χ1n) is 6.15. The molecule has 0 aromatic heterocycles. The topological polar surface area (TPSA) is 109 Å². The zero-order chi connectivity index (χ0) is 15.8. The molecule has 1 unspecified atom stereocenters. The molecule has 1 atom stereocenters. The minimum Gasteiger partial charge on any atom is -0.478 e. The summed E-state index contributed by atoms with van der Waals surface area (Å²) in [6.45, 7) is 0.